The molecule has 2 atom stereocenters. The lowest BCUT2D eigenvalue weighted by Gasteiger charge is -2.11. The quantitative estimate of drug-likeness (QED) is 0.336. The lowest BCUT2D eigenvalue weighted by molar-refractivity contribution is -0.144. The van der Waals surface area contributed by atoms with Crippen LogP contribution in [0.2, 0.25) is 0 Å². The molecular weight excluding hydrogens is 252 g/mol. The van der Waals surface area contributed by atoms with Gasteiger partial charge in [0.2, 0.25) is 0 Å². The molecular formula is C17H22O3. The van der Waals surface area contributed by atoms with Crippen molar-refractivity contribution in [1.82, 2.24) is 0 Å². The first kappa shape index (κ1) is 18.0. The lowest BCUT2D eigenvalue weighted by atomic mass is 10.1. The summed E-state index contributed by atoms with van der Waals surface area (Å²) >= 11 is 0. The molecule has 0 aliphatic rings. The molecule has 108 valence electrons. The van der Waals surface area contributed by atoms with Gasteiger partial charge in [-0.25, -0.2) is 0 Å². The number of esters is 1. The van der Waals surface area contributed by atoms with E-state index >= 15 is 0 Å². The smallest absolute Gasteiger partial charge is 0.303 e. The molecule has 0 fully saturated rings. The minimum absolute atomic E-state index is 0.236. The van der Waals surface area contributed by atoms with Crippen LogP contribution in [0.5, 0.6) is 0 Å². The summed E-state index contributed by atoms with van der Waals surface area (Å²) in [7, 11) is 0. The molecule has 0 aliphatic carbocycles. The van der Waals surface area contributed by atoms with Crippen molar-refractivity contribution in [2.75, 3.05) is 0 Å². The summed E-state index contributed by atoms with van der Waals surface area (Å²) in [6.07, 6.45) is 7.67. The van der Waals surface area contributed by atoms with Gasteiger partial charge in [0.15, 0.2) is 0 Å². The van der Waals surface area contributed by atoms with E-state index in [1.165, 1.54) is 13.0 Å². The fraction of sp³-hybridized carbons (Fsp3) is 0.471. The van der Waals surface area contributed by atoms with Crippen LogP contribution < -0.4 is 0 Å². The van der Waals surface area contributed by atoms with Crippen LogP contribution in [-0.4, -0.2) is 23.3 Å². The highest BCUT2D eigenvalue weighted by Gasteiger charge is 2.06. The topological polar surface area (TPSA) is 46.5 Å². The van der Waals surface area contributed by atoms with Gasteiger partial charge >= 0.3 is 5.97 Å². The van der Waals surface area contributed by atoms with Gasteiger partial charge in [0.1, 0.15) is 12.2 Å². The molecule has 0 bridgehead atoms. The molecule has 2 unspecified atom stereocenters. The molecule has 20 heavy (non-hydrogen) atoms. The van der Waals surface area contributed by atoms with E-state index in [4.69, 9.17) is 9.84 Å². The van der Waals surface area contributed by atoms with E-state index in [0.717, 1.165) is 25.7 Å². The van der Waals surface area contributed by atoms with E-state index in [9.17, 15) is 4.79 Å². The predicted molar refractivity (Wildman–Crippen MR) is 80.6 cm³/mol. The van der Waals surface area contributed by atoms with Crippen molar-refractivity contribution in [2.45, 2.75) is 51.7 Å². The van der Waals surface area contributed by atoms with E-state index in [1.807, 2.05) is 0 Å². The Morgan fingerprint density at radius 2 is 2.15 bits per heavy atom. The maximum atomic E-state index is 11.0. The van der Waals surface area contributed by atoms with E-state index in [1.54, 1.807) is 12.2 Å². The summed E-state index contributed by atoms with van der Waals surface area (Å²) in [5.74, 6) is 10.0. The normalized spacial score (nSPS) is 12.6. The van der Waals surface area contributed by atoms with Gasteiger partial charge in [0.25, 0.3) is 0 Å². The standard InChI is InChI=1S/C17H22O3/c1-4-6-9-13-17(20-15(3)18)14-11-8-7-10-12-16(19)5-2/h5,11,14,16-17,19H,2,4,6,9,13H2,1,3H3. The molecule has 0 aliphatic heterocycles. The van der Waals surface area contributed by atoms with E-state index in [-0.39, 0.29) is 12.1 Å². The van der Waals surface area contributed by atoms with E-state index < -0.39 is 6.10 Å². The van der Waals surface area contributed by atoms with Crippen molar-refractivity contribution in [3.63, 3.8) is 0 Å². The number of aliphatic hydroxyl groups excluding tert-OH is 1. The Hall–Kier alpha value is -1.97. The molecule has 3 nitrogen and oxygen atoms in total. The van der Waals surface area contributed by atoms with Gasteiger partial charge in [-0.2, -0.15) is 0 Å². The van der Waals surface area contributed by atoms with Gasteiger partial charge in [-0.1, -0.05) is 44.3 Å². The third-order valence-corrected chi connectivity index (χ3v) is 2.38. The number of allylic oxidation sites excluding steroid dienone is 1. The monoisotopic (exact) mass is 274 g/mol. The van der Waals surface area contributed by atoms with Crippen LogP contribution in [-0.2, 0) is 9.53 Å². The van der Waals surface area contributed by atoms with Gasteiger partial charge in [-0.3, -0.25) is 4.79 Å². The number of aliphatic hydroxyl groups is 1. The number of carbonyl (C=O) groups is 1. The Kier molecular flexibility index (Phi) is 10.9. The van der Waals surface area contributed by atoms with E-state index in [2.05, 4.69) is 37.2 Å². The van der Waals surface area contributed by atoms with E-state index in [0.29, 0.717) is 0 Å². The number of carbonyl (C=O) groups excluding carboxylic acids is 1. The molecule has 1 N–H and O–H groups in total. The fourth-order valence-electron chi connectivity index (χ4n) is 1.41. The van der Waals surface area contributed by atoms with Gasteiger partial charge in [0.05, 0.1) is 0 Å². The zero-order chi connectivity index (χ0) is 15.2. The highest BCUT2D eigenvalue weighted by atomic mass is 16.5. The summed E-state index contributed by atoms with van der Waals surface area (Å²) in [6.45, 7) is 6.92. The van der Waals surface area contributed by atoms with Crippen molar-refractivity contribution in [3.8, 4) is 23.7 Å². The molecule has 0 saturated heterocycles. The van der Waals surface area contributed by atoms with Crippen LogP contribution in [0.1, 0.15) is 39.5 Å². The molecule has 0 aromatic carbocycles. The second-order valence-corrected chi connectivity index (χ2v) is 4.22. The molecule has 0 radical (unpaired) electrons. The van der Waals surface area contributed by atoms with Gasteiger partial charge in [-0.05, 0) is 36.8 Å². The van der Waals surface area contributed by atoms with Crippen LogP contribution in [0, 0.1) is 23.7 Å². The molecule has 0 heterocycles. The SMILES string of the molecule is C=CC(O)C#CC#CC=CC(CCCCC)OC(C)=O. The minimum Gasteiger partial charge on any atom is -0.458 e. The van der Waals surface area contributed by atoms with Crippen molar-refractivity contribution in [3.05, 3.63) is 24.8 Å². The van der Waals surface area contributed by atoms with Crippen LogP contribution in [0.25, 0.3) is 0 Å². The summed E-state index contributed by atoms with van der Waals surface area (Å²) in [5.41, 5.74) is 0. The van der Waals surface area contributed by atoms with Crippen molar-refractivity contribution >= 4 is 5.97 Å². The molecule has 0 saturated carbocycles. The minimum atomic E-state index is -0.851. The Labute approximate surface area is 121 Å². The van der Waals surface area contributed by atoms with Crippen molar-refractivity contribution in [2.24, 2.45) is 0 Å². The number of unbranched alkanes of at least 4 members (excludes halogenated alkanes) is 2. The number of hydrogen-bond acceptors (Lipinski definition) is 3. The Morgan fingerprint density at radius 3 is 2.75 bits per heavy atom. The van der Waals surface area contributed by atoms with Gasteiger partial charge in [-0.15, -0.1) is 0 Å². The maximum absolute atomic E-state index is 11.0. The predicted octanol–water partition coefficient (Wildman–Crippen LogP) is 2.61. The zero-order valence-electron chi connectivity index (χ0n) is 12.2. The third-order valence-electron chi connectivity index (χ3n) is 2.38. The third kappa shape index (κ3) is 11.1. The zero-order valence-corrected chi connectivity index (χ0v) is 12.2. The van der Waals surface area contributed by atoms with Crippen LogP contribution in [0.3, 0.4) is 0 Å². The molecule has 0 spiro atoms. The summed E-state index contributed by atoms with van der Waals surface area (Å²) in [5, 5.41) is 9.09. The van der Waals surface area contributed by atoms with Crippen LogP contribution in [0.4, 0.5) is 0 Å². The Bertz CT molecular complexity index is 440. The van der Waals surface area contributed by atoms with Crippen LogP contribution in [0.15, 0.2) is 24.8 Å². The average Bonchev–Trinajstić information content (AvgIpc) is 2.41. The molecule has 0 amide bonds. The number of ether oxygens (including phenoxy) is 1. The maximum Gasteiger partial charge on any atom is 0.303 e. The fourth-order valence-corrected chi connectivity index (χ4v) is 1.41. The number of rotatable bonds is 7. The van der Waals surface area contributed by atoms with Gasteiger partial charge in [0, 0.05) is 6.92 Å². The van der Waals surface area contributed by atoms with Crippen molar-refractivity contribution < 1.29 is 14.6 Å². The summed E-state index contributed by atoms with van der Waals surface area (Å²) in [6, 6.07) is 0. The first-order valence-corrected chi connectivity index (χ1v) is 6.75. The molecule has 0 aromatic heterocycles. The Balaban J connectivity index is 4.36. The molecule has 3 heteroatoms. The summed E-state index contributed by atoms with van der Waals surface area (Å²) in [4.78, 5) is 11.0. The second kappa shape index (κ2) is 12.1. The highest BCUT2D eigenvalue weighted by Crippen LogP contribution is 2.08. The summed E-state index contributed by atoms with van der Waals surface area (Å²) < 4.78 is 5.18. The number of hydrogen-bond donors (Lipinski definition) is 1. The largest absolute Gasteiger partial charge is 0.458 e. The van der Waals surface area contributed by atoms with Crippen LogP contribution >= 0.6 is 0 Å². The lowest BCUT2D eigenvalue weighted by Crippen LogP contribution is -2.13. The highest BCUT2D eigenvalue weighted by molar-refractivity contribution is 5.66. The molecule has 0 rings (SSSR count). The first-order valence-electron chi connectivity index (χ1n) is 6.75. The first-order chi connectivity index (χ1) is 9.60. The van der Waals surface area contributed by atoms with Crippen molar-refractivity contribution in [1.29, 1.82) is 0 Å². The second-order valence-electron chi connectivity index (χ2n) is 4.22. The molecule has 0 aromatic rings. The average molecular weight is 274 g/mol. The van der Waals surface area contributed by atoms with Gasteiger partial charge < -0.3 is 9.84 Å². The Morgan fingerprint density at radius 1 is 1.40 bits per heavy atom.